The fraction of sp³-hybridized carbons (Fsp3) is 0.143. The third kappa shape index (κ3) is 3.04. The predicted molar refractivity (Wildman–Crippen MR) is 104 cm³/mol. The average molecular weight is 411 g/mol. The van der Waals surface area contributed by atoms with Gasteiger partial charge in [0.2, 0.25) is 5.91 Å². The normalized spacial score (nSPS) is 13.3. The number of aromatic nitrogens is 1. The number of ketones is 1. The predicted octanol–water partition coefficient (Wildman–Crippen LogP) is 2.53. The third-order valence-electron chi connectivity index (χ3n) is 5.02. The van der Waals surface area contributed by atoms with Crippen LogP contribution >= 0.6 is 0 Å². The molecule has 9 heteroatoms. The maximum Gasteiger partial charge on any atom is 0.309 e. The Morgan fingerprint density at radius 1 is 1.13 bits per heavy atom. The zero-order valence-corrected chi connectivity index (χ0v) is 15.5. The summed E-state index contributed by atoms with van der Waals surface area (Å²) in [5.41, 5.74) is 5.89. The molecule has 2 aromatic carbocycles. The molecule has 1 amide bonds. The number of carboxylic acid groups (broad SMARTS) is 1. The highest BCUT2D eigenvalue weighted by molar-refractivity contribution is 6.26. The number of aliphatic imine (C=N–C) groups is 1. The van der Waals surface area contributed by atoms with Crippen LogP contribution in [0.5, 0.6) is 0 Å². The second kappa shape index (κ2) is 7.18. The average Bonchev–Trinajstić information content (AvgIpc) is 3.02. The number of carbonyl (C=O) groups is 3. The molecule has 0 bridgehead atoms. The topological polar surface area (TPSA) is 115 Å². The van der Waals surface area contributed by atoms with E-state index in [1.54, 1.807) is 6.07 Å². The number of Topliss-reactive ketones (excluding diaryl/α,β-unsaturated/α-hetero) is 1. The summed E-state index contributed by atoms with van der Waals surface area (Å²) in [4.78, 5) is 40.2. The number of rotatable bonds is 5. The van der Waals surface area contributed by atoms with Crippen LogP contribution in [0, 0.1) is 11.6 Å². The molecule has 30 heavy (non-hydrogen) atoms. The van der Waals surface area contributed by atoms with Crippen LogP contribution in [0.2, 0.25) is 0 Å². The number of halogens is 2. The van der Waals surface area contributed by atoms with Crippen LogP contribution in [0.15, 0.2) is 41.4 Å². The first-order valence-corrected chi connectivity index (χ1v) is 8.96. The van der Waals surface area contributed by atoms with Gasteiger partial charge in [-0.3, -0.25) is 19.4 Å². The van der Waals surface area contributed by atoms with Crippen molar-refractivity contribution in [1.82, 2.24) is 4.57 Å². The van der Waals surface area contributed by atoms with Crippen molar-refractivity contribution in [3.8, 4) is 0 Å². The molecule has 0 unspecified atom stereocenters. The van der Waals surface area contributed by atoms with E-state index in [1.165, 1.54) is 22.8 Å². The van der Waals surface area contributed by atoms with Crippen LogP contribution in [-0.4, -0.2) is 39.6 Å². The molecule has 0 fully saturated rings. The Kier molecular flexibility index (Phi) is 4.65. The van der Waals surface area contributed by atoms with E-state index in [4.69, 9.17) is 5.73 Å². The van der Waals surface area contributed by atoms with Gasteiger partial charge in [0, 0.05) is 16.5 Å². The number of hydrogen-bond acceptors (Lipinski definition) is 4. The van der Waals surface area contributed by atoms with Gasteiger partial charge in [0.1, 0.15) is 18.2 Å². The van der Waals surface area contributed by atoms with Gasteiger partial charge in [-0.05, 0) is 24.3 Å². The highest BCUT2D eigenvalue weighted by atomic mass is 19.1. The number of benzene rings is 2. The van der Waals surface area contributed by atoms with Crippen molar-refractivity contribution in [1.29, 1.82) is 0 Å². The van der Waals surface area contributed by atoms with Crippen molar-refractivity contribution in [3.63, 3.8) is 0 Å². The first kappa shape index (κ1) is 19.4. The molecule has 4 rings (SSSR count). The van der Waals surface area contributed by atoms with Crippen molar-refractivity contribution in [2.75, 3.05) is 6.54 Å². The monoisotopic (exact) mass is 411 g/mol. The van der Waals surface area contributed by atoms with E-state index < -0.39 is 35.7 Å². The molecule has 2 heterocycles. The lowest BCUT2D eigenvalue weighted by Crippen LogP contribution is -2.24. The highest BCUT2D eigenvalue weighted by Gasteiger charge is 2.32. The van der Waals surface area contributed by atoms with Crippen molar-refractivity contribution >= 4 is 34.3 Å². The van der Waals surface area contributed by atoms with Crippen LogP contribution in [-0.2, 0) is 11.3 Å². The van der Waals surface area contributed by atoms with Crippen molar-refractivity contribution in [2.24, 2.45) is 10.7 Å². The van der Waals surface area contributed by atoms with E-state index in [-0.39, 0.29) is 46.6 Å². The lowest BCUT2D eigenvalue weighted by atomic mass is 9.96. The number of carbonyl (C=O) groups excluding carboxylic acids is 2. The SMILES string of the molecule is NC(=O)c1cccc2c1c1c(n2Cc2c(F)cccc2F)C(CC(=O)O)=NCC1=O. The second-order valence-electron chi connectivity index (χ2n) is 6.83. The van der Waals surface area contributed by atoms with E-state index >= 15 is 0 Å². The van der Waals surface area contributed by atoms with Crippen LogP contribution in [0.1, 0.15) is 38.4 Å². The molecule has 0 atom stereocenters. The number of fused-ring (bicyclic) bond motifs is 3. The summed E-state index contributed by atoms with van der Waals surface area (Å²) < 4.78 is 30.1. The van der Waals surface area contributed by atoms with Crippen molar-refractivity contribution in [2.45, 2.75) is 13.0 Å². The van der Waals surface area contributed by atoms with Crippen LogP contribution < -0.4 is 5.73 Å². The first-order valence-electron chi connectivity index (χ1n) is 8.96. The molecular weight excluding hydrogens is 396 g/mol. The van der Waals surface area contributed by atoms with E-state index in [9.17, 15) is 28.3 Å². The van der Waals surface area contributed by atoms with Gasteiger partial charge < -0.3 is 15.4 Å². The molecule has 1 aromatic heterocycles. The summed E-state index contributed by atoms with van der Waals surface area (Å²) >= 11 is 0. The van der Waals surface area contributed by atoms with Gasteiger partial charge in [-0.25, -0.2) is 8.78 Å². The van der Waals surface area contributed by atoms with Crippen molar-refractivity contribution < 1.29 is 28.3 Å². The summed E-state index contributed by atoms with van der Waals surface area (Å²) in [5.74, 6) is -4.00. The molecule has 0 radical (unpaired) electrons. The van der Waals surface area contributed by atoms with Crippen molar-refractivity contribution in [3.05, 3.63) is 70.4 Å². The Morgan fingerprint density at radius 2 is 1.80 bits per heavy atom. The summed E-state index contributed by atoms with van der Waals surface area (Å²) in [7, 11) is 0. The smallest absolute Gasteiger partial charge is 0.309 e. The zero-order chi connectivity index (χ0) is 21.6. The maximum atomic E-state index is 14.3. The molecule has 0 saturated carbocycles. The molecule has 3 N–H and O–H groups in total. The minimum Gasteiger partial charge on any atom is -0.481 e. The van der Waals surface area contributed by atoms with Gasteiger partial charge in [-0.1, -0.05) is 12.1 Å². The summed E-state index contributed by atoms with van der Waals surface area (Å²) in [6.45, 7) is -0.631. The zero-order valence-electron chi connectivity index (χ0n) is 15.5. The number of carboxylic acids is 1. The molecule has 7 nitrogen and oxygen atoms in total. The number of amides is 1. The Labute approximate surface area is 168 Å². The minimum absolute atomic E-state index is 0.0569. The number of primary amides is 1. The molecule has 0 spiro atoms. The fourth-order valence-electron chi connectivity index (χ4n) is 3.79. The lowest BCUT2D eigenvalue weighted by Gasteiger charge is -2.17. The molecule has 152 valence electrons. The van der Waals surface area contributed by atoms with Crippen LogP contribution in [0.25, 0.3) is 10.9 Å². The van der Waals surface area contributed by atoms with E-state index in [1.807, 2.05) is 0 Å². The summed E-state index contributed by atoms with van der Waals surface area (Å²) in [6, 6.07) is 7.97. The van der Waals surface area contributed by atoms with Crippen LogP contribution in [0.3, 0.4) is 0 Å². The van der Waals surface area contributed by atoms with E-state index in [0.29, 0.717) is 5.52 Å². The molecule has 0 aliphatic carbocycles. The minimum atomic E-state index is -1.18. The Morgan fingerprint density at radius 3 is 2.43 bits per heavy atom. The third-order valence-corrected chi connectivity index (χ3v) is 5.02. The molecular formula is C21H15F2N3O4. The molecule has 1 aliphatic heterocycles. The fourth-order valence-corrected chi connectivity index (χ4v) is 3.79. The standard InChI is InChI=1S/C21H15F2N3O4/c22-12-4-2-5-13(23)11(12)9-26-15-6-1-3-10(21(24)30)18(15)19-16(27)8-25-14(20(19)26)7-17(28)29/h1-6H,7-9H2,(H2,24,30)(H,28,29). The van der Waals surface area contributed by atoms with Gasteiger partial charge in [0.05, 0.1) is 35.5 Å². The first-order chi connectivity index (χ1) is 14.3. The van der Waals surface area contributed by atoms with Gasteiger partial charge in [0.25, 0.3) is 0 Å². The van der Waals surface area contributed by atoms with E-state index in [0.717, 1.165) is 12.1 Å². The maximum absolute atomic E-state index is 14.3. The quantitative estimate of drug-likeness (QED) is 0.671. The summed E-state index contributed by atoms with van der Waals surface area (Å²) in [6.07, 6.45) is -0.498. The number of nitrogens with two attached hydrogens (primary N) is 1. The number of aliphatic carboxylic acids is 1. The summed E-state index contributed by atoms with van der Waals surface area (Å²) in [5, 5.41) is 9.50. The van der Waals surface area contributed by atoms with E-state index in [2.05, 4.69) is 4.99 Å². The van der Waals surface area contributed by atoms with Gasteiger partial charge in [-0.2, -0.15) is 0 Å². The Bertz CT molecular complexity index is 1260. The lowest BCUT2D eigenvalue weighted by molar-refractivity contribution is -0.135. The van der Waals surface area contributed by atoms with Crippen LogP contribution in [0.4, 0.5) is 8.78 Å². The molecule has 3 aromatic rings. The second-order valence-corrected chi connectivity index (χ2v) is 6.83. The number of nitrogens with zero attached hydrogens (tertiary/aromatic N) is 2. The van der Waals surface area contributed by atoms with Gasteiger partial charge in [-0.15, -0.1) is 0 Å². The van der Waals surface area contributed by atoms with Gasteiger partial charge >= 0.3 is 5.97 Å². The Balaban J connectivity index is 2.08. The highest BCUT2D eigenvalue weighted by Crippen LogP contribution is 2.34. The molecule has 1 aliphatic rings. The Hall–Kier alpha value is -3.88. The largest absolute Gasteiger partial charge is 0.481 e. The van der Waals surface area contributed by atoms with Gasteiger partial charge in [0.15, 0.2) is 5.78 Å². The molecule has 0 saturated heterocycles. The number of hydrogen-bond donors (Lipinski definition) is 2.